The lowest BCUT2D eigenvalue weighted by Gasteiger charge is -1.67. The Bertz CT molecular complexity index is 144. The normalized spacial score (nSPS) is 8.00. The van der Waals surface area contributed by atoms with E-state index in [0.29, 0.717) is 4.73 Å². The van der Waals surface area contributed by atoms with Gasteiger partial charge in [0.1, 0.15) is 5.82 Å². The first kappa shape index (κ1) is 8.62. The van der Waals surface area contributed by atoms with Crippen LogP contribution in [0.2, 0.25) is 0 Å². The molecule has 1 aromatic rings. The van der Waals surface area contributed by atoms with Crippen LogP contribution in [0.1, 0.15) is 19.7 Å². The zero-order valence-electron chi connectivity index (χ0n) is 5.77. The number of rotatable bonds is 0. The van der Waals surface area contributed by atoms with Crippen LogP contribution in [-0.2, 0) is 0 Å². The number of hydrogen-bond acceptors (Lipinski definition) is 2. The predicted octanol–water partition coefficient (Wildman–Crippen LogP) is 1.90. The van der Waals surface area contributed by atoms with Crippen LogP contribution in [-0.4, -0.2) is 15.2 Å². The number of hydrogen-bond donors (Lipinski definition) is 1. The molecule has 0 aromatic carbocycles. The number of halogens is 1. The second kappa shape index (κ2) is 4.49. The lowest BCUT2D eigenvalue weighted by Crippen LogP contribution is -1.69. The van der Waals surface area contributed by atoms with Gasteiger partial charge in [0.2, 0.25) is 4.73 Å². The quantitative estimate of drug-likeness (QED) is 0.681. The summed E-state index contributed by atoms with van der Waals surface area (Å²) in [5, 5.41) is 6.36. The van der Waals surface area contributed by atoms with E-state index in [0.717, 1.165) is 5.82 Å². The average molecular weight is 192 g/mol. The lowest BCUT2D eigenvalue weighted by atomic mass is 10.8. The monoisotopic (exact) mass is 191 g/mol. The first-order chi connectivity index (χ1) is 4.29. The van der Waals surface area contributed by atoms with E-state index >= 15 is 0 Å². The van der Waals surface area contributed by atoms with Crippen molar-refractivity contribution >= 4 is 15.9 Å². The van der Waals surface area contributed by atoms with Crippen LogP contribution >= 0.6 is 15.9 Å². The third kappa shape index (κ3) is 3.24. The Kier molecular flexibility index (Phi) is 4.30. The van der Waals surface area contributed by atoms with Crippen molar-refractivity contribution in [1.29, 1.82) is 0 Å². The summed E-state index contributed by atoms with van der Waals surface area (Å²) in [6.45, 7) is 5.84. The molecule has 0 unspecified atom stereocenters. The second-order valence-electron chi connectivity index (χ2n) is 1.19. The van der Waals surface area contributed by atoms with Gasteiger partial charge < -0.3 is 0 Å². The third-order valence-corrected chi connectivity index (χ3v) is 0.925. The molecule has 9 heavy (non-hydrogen) atoms. The molecule has 0 saturated carbocycles. The van der Waals surface area contributed by atoms with Crippen LogP contribution in [0.25, 0.3) is 0 Å². The molecule has 4 heteroatoms. The largest absolute Gasteiger partial charge is 0.262 e. The van der Waals surface area contributed by atoms with E-state index in [1.807, 2.05) is 20.8 Å². The van der Waals surface area contributed by atoms with Gasteiger partial charge in [-0.15, -0.1) is 5.10 Å². The lowest BCUT2D eigenvalue weighted by molar-refractivity contribution is 1.03. The highest BCUT2D eigenvalue weighted by molar-refractivity contribution is 9.10. The Balaban J connectivity index is 0.000000291. The molecule has 0 spiro atoms. The molecule has 0 atom stereocenters. The van der Waals surface area contributed by atoms with Gasteiger partial charge in [-0.3, -0.25) is 5.10 Å². The zero-order valence-corrected chi connectivity index (χ0v) is 7.36. The standard InChI is InChI=1S/C3H4BrN3.C2H6/c1-2-5-3(4)7-6-2;1-2/h1H3,(H,5,6,7);1-2H3. The highest BCUT2D eigenvalue weighted by atomic mass is 79.9. The Hall–Kier alpha value is -0.380. The van der Waals surface area contributed by atoms with E-state index in [1.165, 1.54) is 0 Å². The van der Waals surface area contributed by atoms with Crippen molar-refractivity contribution in [3.05, 3.63) is 10.6 Å². The summed E-state index contributed by atoms with van der Waals surface area (Å²) >= 11 is 3.08. The SMILES string of the molecule is CC.Cc1nc(Br)n[nH]1. The van der Waals surface area contributed by atoms with Crippen molar-refractivity contribution < 1.29 is 0 Å². The maximum Gasteiger partial charge on any atom is 0.217 e. The summed E-state index contributed by atoms with van der Waals surface area (Å²) < 4.78 is 0.616. The van der Waals surface area contributed by atoms with Gasteiger partial charge in [0, 0.05) is 0 Å². The van der Waals surface area contributed by atoms with Gasteiger partial charge in [-0.25, -0.2) is 4.98 Å². The number of aromatic amines is 1. The van der Waals surface area contributed by atoms with E-state index in [9.17, 15) is 0 Å². The average Bonchev–Trinajstić information content (AvgIpc) is 2.20. The summed E-state index contributed by atoms with van der Waals surface area (Å²) in [4.78, 5) is 3.86. The number of aryl methyl sites for hydroxylation is 1. The van der Waals surface area contributed by atoms with Gasteiger partial charge in [-0.1, -0.05) is 13.8 Å². The van der Waals surface area contributed by atoms with Gasteiger partial charge in [0.25, 0.3) is 0 Å². The van der Waals surface area contributed by atoms with Crippen molar-refractivity contribution in [1.82, 2.24) is 15.2 Å². The summed E-state index contributed by atoms with van der Waals surface area (Å²) in [5.74, 6) is 0.826. The number of nitrogens with one attached hydrogen (secondary N) is 1. The summed E-state index contributed by atoms with van der Waals surface area (Å²) in [6.07, 6.45) is 0. The summed E-state index contributed by atoms with van der Waals surface area (Å²) in [6, 6.07) is 0. The van der Waals surface area contributed by atoms with Gasteiger partial charge in [-0.05, 0) is 22.9 Å². The molecule has 1 rings (SSSR count). The van der Waals surface area contributed by atoms with Crippen molar-refractivity contribution in [2.45, 2.75) is 20.8 Å². The number of nitrogens with zero attached hydrogens (tertiary/aromatic N) is 2. The minimum Gasteiger partial charge on any atom is -0.262 e. The molecule has 0 aliphatic heterocycles. The molecule has 52 valence electrons. The van der Waals surface area contributed by atoms with E-state index in [1.54, 1.807) is 0 Å². The van der Waals surface area contributed by atoms with Crippen molar-refractivity contribution in [2.75, 3.05) is 0 Å². The van der Waals surface area contributed by atoms with E-state index < -0.39 is 0 Å². The zero-order chi connectivity index (χ0) is 7.28. The molecular weight excluding hydrogens is 182 g/mol. The molecule has 0 aliphatic carbocycles. The highest BCUT2D eigenvalue weighted by Gasteiger charge is 1.88. The van der Waals surface area contributed by atoms with Crippen LogP contribution in [0, 0.1) is 6.92 Å². The summed E-state index contributed by atoms with van der Waals surface area (Å²) in [7, 11) is 0. The highest BCUT2D eigenvalue weighted by Crippen LogP contribution is 1.97. The van der Waals surface area contributed by atoms with E-state index in [4.69, 9.17) is 0 Å². The van der Waals surface area contributed by atoms with Crippen LogP contribution < -0.4 is 0 Å². The number of aromatic nitrogens is 3. The third-order valence-electron chi connectivity index (χ3n) is 0.570. The van der Waals surface area contributed by atoms with Crippen LogP contribution in [0.4, 0.5) is 0 Å². The molecular formula is C5H10BrN3. The molecule has 0 saturated heterocycles. The molecule has 0 radical (unpaired) electrons. The fourth-order valence-corrected chi connectivity index (χ4v) is 0.670. The minimum absolute atomic E-state index is 0.616. The maximum absolute atomic E-state index is 3.86. The minimum atomic E-state index is 0.616. The first-order valence-corrected chi connectivity index (χ1v) is 3.63. The Morgan fingerprint density at radius 2 is 2.00 bits per heavy atom. The Morgan fingerprint density at radius 1 is 1.44 bits per heavy atom. The van der Waals surface area contributed by atoms with Crippen LogP contribution in [0.15, 0.2) is 4.73 Å². The fraction of sp³-hybridized carbons (Fsp3) is 0.600. The molecule has 0 aliphatic rings. The molecule has 0 bridgehead atoms. The topological polar surface area (TPSA) is 41.6 Å². The molecule has 0 fully saturated rings. The smallest absolute Gasteiger partial charge is 0.217 e. The Morgan fingerprint density at radius 3 is 2.11 bits per heavy atom. The predicted molar refractivity (Wildman–Crippen MR) is 40.2 cm³/mol. The maximum atomic E-state index is 3.86. The van der Waals surface area contributed by atoms with E-state index in [2.05, 4.69) is 31.1 Å². The van der Waals surface area contributed by atoms with Crippen molar-refractivity contribution in [3.63, 3.8) is 0 Å². The fourth-order valence-electron chi connectivity index (χ4n) is 0.315. The van der Waals surface area contributed by atoms with Crippen LogP contribution in [0.5, 0.6) is 0 Å². The summed E-state index contributed by atoms with van der Waals surface area (Å²) in [5.41, 5.74) is 0. The second-order valence-corrected chi connectivity index (χ2v) is 1.90. The number of H-pyrrole nitrogens is 1. The van der Waals surface area contributed by atoms with Crippen molar-refractivity contribution in [2.24, 2.45) is 0 Å². The molecule has 1 N–H and O–H groups in total. The van der Waals surface area contributed by atoms with Crippen molar-refractivity contribution in [3.8, 4) is 0 Å². The Labute approximate surface area is 63.0 Å². The molecule has 0 amide bonds. The van der Waals surface area contributed by atoms with E-state index in [-0.39, 0.29) is 0 Å². The molecule has 1 aromatic heterocycles. The van der Waals surface area contributed by atoms with Gasteiger partial charge in [0.05, 0.1) is 0 Å². The van der Waals surface area contributed by atoms with Gasteiger partial charge >= 0.3 is 0 Å². The van der Waals surface area contributed by atoms with Crippen LogP contribution in [0.3, 0.4) is 0 Å². The van der Waals surface area contributed by atoms with Gasteiger partial charge in [-0.2, -0.15) is 0 Å². The first-order valence-electron chi connectivity index (χ1n) is 2.83. The van der Waals surface area contributed by atoms with Gasteiger partial charge in [0.15, 0.2) is 0 Å². The molecule has 1 heterocycles. The molecule has 3 nitrogen and oxygen atoms in total.